The van der Waals surface area contributed by atoms with Crippen LogP contribution in [0.15, 0.2) is 58.4 Å². The largest absolute Gasteiger partial charge is 0.462 e. The molecular weight excluding hydrogens is 466 g/mol. The predicted molar refractivity (Wildman–Crippen MR) is 131 cm³/mol. The molecule has 0 spiro atoms. The molecule has 0 saturated heterocycles. The van der Waals surface area contributed by atoms with Gasteiger partial charge in [0.2, 0.25) is 0 Å². The van der Waals surface area contributed by atoms with Crippen LogP contribution in [0.1, 0.15) is 46.5 Å². The van der Waals surface area contributed by atoms with Crippen molar-refractivity contribution >= 4 is 34.2 Å². The van der Waals surface area contributed by atoms with E-state index in [2.05, 4.69) is 9.98 Å². The molecule has 0 atom stereocenters. The molecule has 0 radical (unpaired) electrons. The van der Waals surface area contributed by atoms with Gasteiger partial charge in [0.25, 0.3) is 17.2 Å². The minimum atomic E-state index is -0.775. The normalized spacial score (nSPS) is 11.7. The first-order valence-corrected chi connectivity index (χ1v) is 11.3. The number of nitrogens with zero attached hydrogens (tertiary/aromatic N) is 5. The molecule has 0 fully saturated rings. The van der Waals surface area contributed by atoms with Crippen LogP contribution in [-0.4, -0.2) is 37.4 Å². The Morgan fingerprint density at radius 2 is 1.92 bits per heavy atom. The summed E-state index contributed by atoms with van der Waals surface area (Å²) in [6.45, 7) is 5.34. The van der Waals surface area contributed by atoms with Gasteiger partial charge in [0, 0.05) is 24.4 Å². The monoisotopic (exact) mass is 489 g/mol. The first-order chi connectivity index (χ1) is 17.3. The summed E-state index contributed by atoms with van der Waals surface area (Å²) in [5, 5.41) is 11.5. The third kappa shape index (κ3) is 4.26. The van der Waals surface area contributed by atoms with E-state index in [1.807, 2.05) is 6.92 Å². The van der Waals surface area contributed by atoms with E-state index in [0.29, 0.717) is 18.6 Å². The van der Waals surface area contributed by atoms with Gasteiger partial charge in [0.05, 0.1) is 22.5 Å². The van der Waals surface area contributed by atoms with Gasteiger partial charge in [0.15, 0.2) is 5.49 Å². The topological polar surface area (TPSA) is 138 Å². The molecule has 184 valence electrons. The van der Waals surface area contributed by atoms with Crippen LogP contribution in [0, 0.1) is 17.0 Å². The lowest BCUT2D eigenvalue weighted by molar-refractivity contribution is -0.385. The van der Waals surface area contributed by atoms with Crippen LogP contribution in [0.4, 0.5) is 5.69 Å². The van der Waals surface area contributed by atoms with Gasteiger partial charge in [-0.05, 0) is 44.5 Å². The number of ether oxygens (including phenoxy) is 1. The van der Waals surface area contributed by atoms with Gasteiger partial charge in [-0.1, -0.05) is 19.1 Å². The average molecular weight is 489 g/mol. The first-order valence-electron chi connectivity index (χ1n) is 11.3. The molecule has 0 bridgehead atoms. The second-order valence-electron chi connectivity index (χ2n) is 7.96. The highest BCUT2D eigenvalue weighted by atomic mass is 16.6. The van der Waals surface area contributed by atoms with Gasteiger partial charge in [-0.2, -0.15) is 4.99 Å². The van der Waals surface area contributed by atoms with E-state index in [9.17, 15) is 24.5 Å². The Morgan fingerprint density at radius 1 is 1.14 bits per heavy atom. The van der Waals surface area contributed by atoms with E-state index < -0.39 is 22.4 Å². The Balaban J connectivity index is 2.11. The van der Waals surface area contributed by atoms with Gasteiger partial charge in [-0.15, -0.1) is 0 Å². The van der Waals surface area contributed by atoms with E-state index in [-0.39, 0.29) is 45.5 Å². The van der Waals surface area contributed by atoms with Crippen LogP contribution in [0.2, 0.25) is 0 Å². The molecule has 0 saturated carbocycles. The van der Waals surface area contributed by atoms with Crippen molar-refractivity contribution in [3.8, 4) is 0 Å². The first kappa shape index (κ1) is 24.5. The van der Waals surface area contributed by atoms with Gasteiger partial charge < -0.3 is 9.30 Å². The summed E-state index contributed by atoms with van der Waals surface area (Å²) in [4.78, 5) is 59.1. The van der Waals surface area contributed by atoms with Crippen LogP contribution in [0.25, 0.3) is 16.7 Å². The number of nitro groups is 1. The van der Waals surface area contributed by atoms with E-state index in [1.165, 1.54) is 35.6 Å². The molecule has 36 heavy (non-hydrogen) atoms. The molecule has 3 aromatic heterocycles. The van der Waals surface area contributed by atoms with Gasteiger partial charge in [0.1, 0.15) is 16.9 Å². The number of pyridine rings is 2. The van der Waals surface area contributed by atoms with Crippen molar-refractivity contribution in [1.82, 2.24) is 14.0 Å². The molecule has 0 N–H and O–H groups in total. The molecule has 1 aromatic carbocycles. The van der Waals surface area contributed by atoms with Crippen molar-refractivity contribution in [3.63, 3.8) is 0 Å². The second-order valence-corrected chi connectivity index (χ2v) is 7.96. The Bertz CT molecular complexity index is 1670. The molecule has 1 amide bonds. The Hall–Kier alpha value is -4.67. The quantitative estimate of drug-likeness (QED) is 0.175. The standard InChI is InChI=1S/C25H23N5O6/c1-4-12-29-21-17(24(32)28-13-7-6-11-20(28)26-21)14-18(25(33)36-5-2)22(29)27-23(31)16-9-8-10-19(15(16)3)30(34)35/h6-11,13-14H,4-5,12H2,1-3H3. The molecule has 4 rings (SSSR count). The molecule has 11 nitrogen and oxygen atoms in total. The summed E-state index contributed by atoms with van der Waals surface area (Å²) in [7, 11) is 0. The summed E-state index contributed by atoms with van der Waals surface area (Å²) < 4.78 is 8.10. The van der Waals surface area contributed by atoms with Gasteiger partial charge >= 0.3 is 5.97 Å². The number of amides is 1. The third-order valence-corrected chi connectivity index (χ3v) is 5.67. The number of aryl methyl sites for hydroxylation is 1. The fraction of sp³-hybridized carbons (Fsp3) is 0.240. The number of aromatic nitrogens is 3. The van der Waals surface area contributed by atoms with Gasteiger partial charge in [-0.3, -0.25) is 24.1 Å². The minimum Gasteiger partial charge on any atom is -0.462 e. The Kier molecular flexibility index (Phi) is 6.73. The lowest BCUT2D eigenvalue weighted by Crippen LogP contribution is -2.32. The van der Waals surface area contributed by atoms with E-state index in [0.717, 1.165) is 0 Å². The van der Waals surface area contributed by atoms with Crippen LogP contribution >= 0.6 is 0 Å². The summed E-state index contributed by atoms with van der Waals surface area (Å²) in [6, 6.07) is 10.6. The van der Waals surface area contributed by atoms with E-state index in [1.54, 1.807) is 35.9 Å². The Morgan fingerprint density at radius 3 is 2.61 bits per heavy atom. The number of rotatable bonds is 6. The summed E-state index contributed by atoms with van der Waals surface area (Å²) in [5.41, 5.74) is 0.0860. The summed E-state index contributed by atoms with van der Waals surface area (Å²) in [5.74, 6) is -1.53. The summed E-state index contributed by atoms with van der Waals surface area (Å²) >= 11 is 0. The van der Waals surface area contributed by atoms with E-state index in [4.69, 9.17) is 4.74 Å². The number of carbonyl (C=O) groups is 2. The molecule has 4 aromatic rings. The van der Waals surface area contributed by atoms with Crippen molar-refractivity contribution in [2.24, 2.45) is 4.99 Å². The number of nitro benzene ring substituents is 1. The predicted octanol–water partition coefficient (Wildman–Crippen LogP) is 3.19. The second kappa shape index (κ2) is 9.90. The smallest absolute Gasteiger partial charge is 0.341 e. The number of esters is 1. The number of fused-ring (bicyclic) bond motifs is 2. The average Bonchev–Trinajstić information content (AvgIpc) is 2.85. The van der Waals surface area contributed by atoms with Crippen LogP contribution in [0.3, 0.4) is 0 Å². The fourth-order valence-corrected chi connectivity index (χ4v) is 4.00. The lowest BCUT2D eigenvalue weighted by atomic mass is 10.1. The zero-order valence-electron chi connectivity index (χ0n) is 19.9. The van der Waals surface area contributed by atoms with Crippen molar-refractivity contribution in [2.75, 3.05) is 6.61 Å². The highest BCUT2D eigenvalue weighted by Gasteiger charge is 2.22. The zero-order chi connectivity index (χ0) is 26.0. The number of hydrogen-bond donors (Lipinski definition) is 0. The number of hydrogen-bond acceptors (Lipinski definition) is 7. The van der Waals surface area contributed by atoms with Crippen molar-refractivity contribution in [3.05, 3.63) is 91.3 Å². The maximum absolute atomic E-state index is 13.3. The highest BCUT2D eigenvalue weighted by molar-refractivity contribution is 5.98. The molecule has 0 aliphatic rings. The SMILES string of the molecule is CCCn1c(=NC(=O)c2cccc([N+](=O)[O-])c2C)c(C(=O)OCC)cc2c(=O)n3ccccc3nc21. The van der Waals surface area contributed by atoms with Crippen molar-refractivity contribution in [2.45, 2.75) is 33.7 Å². The van der Waals surface area contributed by atoms with Crippen LogP contribution in [-0.2, 0) is 11.3 Å². The number of carbonyl (C=O) groups excluding carboxylic acids is 2. The van der Waals surface area contributed by atoms with Crippen LogP contribution < -0.4 is 11.0 Å². The maximum atomic E-state index is 13.3. The zero-order valence-corrected chi connectivity index (χ0v) is 19.9. The van der Waals surface area contributed by atoms with Gasteiger partial charge in [-0.25, -0.2) is 9.78 Å². The van der Waals surface area contributed by atoms with E-state index >= 15 is 0 Å². The third-order valence-electron chi connectivity index (χ3n) is 5.67. The molecule has 0 unspecified atom stereocenters. The van der Waals surface area contributed by atoms with Crippen LogP contribution in [0.5, 0.6) is 0 Å². The molecule has 3 heterocycles. The molecular formula is C25H23N5O6. The summed E-state index contributed by atoms with van der Waals surface area (Å²) in [6.07, 6.45) is 2.15. The molecule has 0 aliphatic heterocycles. The fourth-order valence-electron chi connectivity index (χ4n) is 4.00. The lowest BCUT2D eigenvalue weighted by Gasteiger charge is -2.14. The Labute approximate surface area is 204 Å². The highest BCUT2D eigenvalue weighted by Crippen LogP contribution is 2.22. The molecule has 0 aliphatic carbocycles. The number of benzene rings is 1. The minimum absolute atomic E-state index is 0.0219. The maximum Gasteiger partial charge on any atom is 0.341 e. The van der Waals surface area contributed by atoms with Crippen molar-refractivity contribution < 1.29 is 19.2 Å². The van der Waals surface area contributed by atoms with Crippen molar-refractivity contribution in [1.29, 1.82) is 0 Å². The molecule has 11 heteroatoms.